The molecule has 130 valence electrons. The van der Waals surface area contributed by atoms with Gasteiger partial charge in [0.25, 0.3) is 0 Å². The highest BCUT2D eigenvalue weighted by Crippen LogP contribution is 2.47. The van der Waals surface area contributed by atoms with Gasteiger partial charge in [0, 0.05) is 38.8 Å². The fourth-order valence-electron chi connectivity index (χ4n) is 3.64. The summed E-state index contributed by atoms with van der Waals surface area (Å²) in [5.41, 5.74) is 1.44. The second-order valence-corrected chi connectivity index (χ2v) is 6.96. The SMILES string of the molecule is CN=C(NCCC(=O)Nc1cccc(C)n1)N1CCC2(CCC2)C1. The number of aliphatic imine (C=N–C) groups is 1. The second kappa shape index (κ2) is 7.20. The number of aryl methyl sites for hydroxylation is 1. The van der Waals surface area contributed by atoms with E-state index in [4.69, 9.17) is 0 Å². The average molecular weight is 329 g/mol. The van der Waals surface area contributed by atoms with Gasteiger partial charge in [0.05, 0.1) is 0 Å². The molecule has 6 heteroatoms. The number of carbonyl (C=O) groups excluding carboxylic acids is 1. The van der Waals surface area contributed by atoms with Crippen LogP contribution in [0.3, 0.4) is 0 Å². The Labute approximate surface area is 143 Å². The van der Waals surface area contributed by atoms with E-state index in [-0.39, 0.29) is 5.91 Å². The first-order valence-corrected chi connectivity index (χ1v) is 8.79. The van der Waals surface area contributed by atoms with Crippen molar-refractivity contribution in [2.24, 2.45) is 10.4 Å². The number of nitrogens with one attached hydrogen (secondary N) is 2. The number of pyridine rings is 1. The van der Waals surface area contributed by atoms with E-state index in [2.05, 4.69) is 25.5 Å². The zero-order valence-corrected chi connectivity index (χ0v) is 14.6. The Morgan fingerprint density at radius 1 is 1.38 bits per heavy atom. The molecule has 2 heterocycles. The van der Waals surface area contributed by atoms with Crippen molar-refractivity contribution in [3.05, 3.63) is 23.9 Å². The summed E-state index contributed by atoms with van der Waals surface area (Å²) < 4.78 is 0. The Hall–Kier alpha value is -2.11. The molecule has 2 N–H and O–H groups in total. The molecule has 1 saturated heterocycles. The van der Waals surface area contributed by atoms with Gasteiger partial charge in [0.1, 0.15) is 5.82 Å². The molecule has 6 nitrogen and oxygen atoms in total. The molecule has 1 spiro atoms. The first kappa shape index (κ1) is 16.7. The van der Waals surface area contributed by atoms with E-state index in [1.807, 2.05) is 26.1 Å². The predicted molar refractivity (Wildman–Crippen MR) is 96.1 cm³/mol. The van der Waals surface area contributed by atoms with Gasteiger partial charge in [-0.2, -0.15) is 0 Å². The smallest absolute Gasteiger partial charge is 0.227 e. The van der Waals surface area contributed by atoms with E-state index in [0.29, 0.717) is 24.2 Å². The third-order valence-electron chi connectivity index (χ3n) is 5.15. The molecule has 1 amide bonds. The highest BCUT2D eigenvalue weighted by molar-refractivity contribution is 5.90. The molecule has 0 aromatic carbocycles. The van der Waals surface area contributed by atoms with Gasteiger partial charge < -0.3 is 15.5 Å². The number of amides is 1. The summed E-state index contributed by atoms with van der Waals surface area (Å²) in [6.07, 6.45) is 5.74. The van der Waals surface area contributed by atoms with Crippen molar-refractivity contribution < 1.29 is 4.79 Å². The standard InChI is InChI=1S/C18H27N5O/c1-14-5-3-6-15(21-14)22-16(24)7-11-20-17(19-2)23-12-10-18(13-23)8-4-9-18/h3,5-6H,4,7-13H2,1-2H3,(H,19,20)(H,21,22,24). The Kier molecular flexibility index (Phi) is 5.02. The van der Waals surface area contributed by atoms with Gasteiger partial charge in [-0.3, -0.25) is 9.79 Å². The lowest BCUT2D eigenvalue weighted by atomic mass is 9.68. The molecule has 2 fully saturated rings. The van der Waals surface area contributed by atoms with Crippen LogP contribution >= 0.6 is 0 Å². The van der Waals surface area contributed by atoms with Crippen LogP contribution in [0.1, 0.15) is 37.8 Å². The zero-order chi connectivity index (χ0) is 17.0. The summed E-state index contributed by atoms with van der Waals surface area (Å²) in [4.78, 5) is 23.0. The number of aromatic nitrogens is 1. The van der Waals surface area contributed by atoms with Crippen LogP contribution in [-0.2, 0) is 4.79 Å². The van der Waals surface area contributed by atoms with Crippen molar-refractivity contribution in [3.63, 3.8) is 0 Å². The maximum atomic E-state index is 12.0. The van der Waals surface area contributed by atoms with Gasteiger partial charge >= 0.3 is 0 Å². The van der Waals surface area contributed by atoms with Gasteiger partial charge in [-0.1, -0.05) is 12.5 Å². The number of carbonyl (C=O) groups is 1. The number of rotatable bonds is 4. The third kappa shape index (κ3) is 3.86. The van der Waals surface area contributed by atoms with Crippen LogP contribution in [0.15, 0.2) is 23.2 Å². The predicted octanol–water partition coefficient (Wildman–Crippen LogP) is 2.17. The minimum Gasteiger partial charge on any atom is -0.356 e. The van der Waals surface area contributed by atoms with E-state index in [9.17, 15) is 4.79 Å². The van der Waals surface area contributed by atoms with Crippen LogP contribution in [-0.4, -0.2) is 48.4 Å². The van der Waals surface area contributed by atoms with Gasteiger partial charge in [0.15, 0.2) is 5.96 Å². The quantitative estimate of drug-likeness (QED) is 0.656. The molecule has 1 aromatic heterocycles. The summed E-state index contributed by atoms with van der Waals surface area (Å²) in [6, 6.07) is 5.60. The number of anilines is 1. The van der Waals surface area contributed by atoms with Gasteiger partial charge in [-0.15, -0.1) is 0 Å². The van der Waals surface area contributed by atoms with Crippen molar-refractivity contribution in [1.82, 2.24) is 15.2 Å². The summed E-state index contributed by atoms with van der Waals surface area (Å²) in [5.74, 6) is 1.49. The van der Waals surface area contributed by atoms with E-state index in [1.54, 1.807) is 6.07 Å². The third-order valence-corrected chi connectivity index (χ3v) is 5.15. The highest BCUT2D eigenvalue weighted by Gasteiger charge is 2.43. The maximum Gasteiger partial charge on any atom is 0.227 e. The lowest BCUT2D eigenvalue weighted by molar-refractivity contribution is -0.116. The molecule has 0 atom stereocenters. The van der Waals surface area contributed by atoms with Gasteiger partial charge in [-0.05, 0) is 43.7 Å². The molecule has 1 saturated carbocycles. The minimum absolute atomic E-state index is 0.0343. The molecule has 1 aliphatic carbocycles. The van der Waals surface area contributed by atoms with Crippen LogP contribution < -0.4 is 10.6 Å². The van der Waals surface area contributed by atoms with E-state index < -0.39 is 0 Å². The van der Waals surface area contributed by atoms with Crippen LogP contribution in [0.25, 0.3) is 0 Å². The van der Waals surface area contributed by atoms with Crippen molar-refractivity contribution in [2.75, 3.05) is 32.0 Å². The monoisotopic (exact) mass is 329 g/mol. The van der Waals surface area contributed by atoms with Crippen molar-refractivity contribution in [3.8, 4) is 0 Å². The Morgan fingerprint density at radius 2 is 2.21 bits per heavy atom. The van der Waals surface area contributed by atoms with Gasteiger partial charge in [-0.25, -0.2) is 4.98 Å². The Morgan fingerprint density at radius 3 is 2.83 bits per heavy atom. The first-order chi connectivity index (χ1) is 11.6. The van der Waals surface area contributed by atoms with Crippen LogP contribution in [0.2, 0.25) is 0 Å². The summed E-state index contributed by atoms with van der Waals surface area (Å²) in [5, 5.41) is 6.15. The largest absolute Gasteiger partial charge is 0.356 e. The second-order valence-electron chi connectivity index (χ2n) is 6.96. The number of hydrogen-bond acceptors (Lipinski definition) is 3. The minimum atomic E-state index is -0.0343. The van der Waals surface area contributed by atoms with Gasteiger partial charge in [0.2, 0.25) is 5.91 Å². The lowest BCUT2D eigenvalue weighted by Crippen LogP contribution is -2.43. The summed E-state index contributed by atoms with van der Waals surface area (Å²) in [7, 11) is 1.81. The molecular formula is C18H27N5O. The Balaban J connectivity index is 1.42. The normalized spacial score (nSPS) is 19.2. The van der Waals surface area contributed by atoms with Crippen LogP contribution in [0.5, 0.6) is 0 Å². The fourth-order valence-corrected chi connectivity index (χ4v) is 3.64. The molecule has 3 rings (SSSR count). The molecule has 2 aliphatic rings. The first-order valence-electron chi connectivity index (χ1n) is 8.79. The average Bonchev–Trinajstić information content (AvgIpc) is 2.97. The molecular weight excluding hydrogens is 302 g/mol. The molecule has 0 radical (unpaired) electrons. The number of hydrogen-bond donors (Lipinski definition) is 2. The van der Waals surface area contributed by atoms with Crippen LogP contribution in [0, 0.1) is 12.3 Å². The van der Waals surface area contributed by atoms with Crippen molar-refractivity contribution >= 4 is 17.7 Å². The summed E-state index contributed by atoms with van der Waals surface area (Å²) >= 11 is 0. The number of likely N-dealkylation sites (tertiary alicyclic amines) is 1. The highest BCUT2D eigenvalue weighted by atomic mass is 16.1. The van der Waals surface area contributed by atoms with E-state index in [1.165, 1.54) is 25.7 Å². The van der Waals surface area contributed by atoms with E-state index >= 15 is 0 Å². The Bertz CT molecular complexity index is 624. The fraction of sp³-hybridized carbons (Fsp3) is 0.611. The van der Waals surface area contributed by atoms with Crippen molar-refractivity contribution in [1.29, 1.82) is 0 Å². The maximum absolute atomic E-state index is 12.0. The molecule has 1 aromatic rings. The zero-order valence-electron chi connectivity index (χ0n) is 14.6. The molecule has 0 bridgehead atoms. The molecule has 24 heavy (non-hydrogen) atoms. The lowest BCUT2D eigenvalue weighted by Gasteiger charge is -2.38. The number of nitrogens with zero attached hydrogens (tertiary/aromatic N) is 3. The number of guanidine groups is 1. The van der Waals surface area contributed by atoms with E-state index in [0.717, 1.165) is 24.7 Å². The topological polar surface area (TPSA) is 69.6 Å². The van der Waals surface area contributed by atoms with Crippen LogP contribution in [0.4, 0.5) is 5.82 Å². The summed E-state index contributed by atoms with van der Waals surface area (Å²) in [6.45, 7) is 4.66. The molecule has 1 aliphatic heterocycles. The van der Waals surface area contributed by atoms with Crippen molar-refractivity contribution in [2.45, 2.75) is 39.0 Å². The molecule has 0 unspecified atom stereocenters.